The van der Waals surface area contributed by atoms with Gasteiger partial charge in [-0.25, -0.2) is 31.4 Å². The van der Waals surface area contributed by atoms with Crippen LogP contribution in [-0.2, 0) is 16.4 Å². The number of anilines is 1. The smallest absolute Gasteiger partial charge is 0.325 e. The number of primary amides is 1. The molecule has 2 fully saturated rings. The first kappa shape index (κ1) is 33.9. The van der Waals surface area contributed by atoms with Gasteiger partial charge in [0, 0.05) is 49.8 Å². The highest BCUT2D eigenvalue weighted by atomic mass is 32.2. The summed E-state index contributed by atoms with van der Waals surface area (Å²) in [6.07, 6.45) is 2.27. The lowest BCUT2D eigenvalue weighted by Gasteiger charge is -2.39. The van der Waals surface area contributed by atoms with Gasteiger partial charge in [0.25, 0.3) is 5.91 Å². The van der Waals surface area contributed by atoms with Crippen LogP contribution in [0.3, 0.4) is 0 Å². The number of urea groups is 1. The van der Waals surface area contributed by atoms with E-state index in [1.54, 1.807) is 11.0 Å². The number of ether oxygens (including phenoxy) is 1. The standard InChI is InChI=1S/C35H34F3N5O5S/c1-21-23(8-11-33(40-21)48-32-10-9-25(16-29(32)38)49(2,46)47)19-41-14-12-24(13-15-41)43-31(22-6-4-3-5-7-22)20-42(35(43)45)30-17-26(34(39)44)27(36)18-28(30)37/h3-11,16-18,24,31H,12-15,19-20H2,1-2H3,(H2,39,44)/t31-/m0/s1. The molecule has 0 bridgehead atoms. The van der Waals surface area contributed by atoms with Crippen molar-refractivity contribution in [2.45, 2.75) is 43.3 Å². The van der Waals surface area contributed by atoms with Crippen LogP contribution in [0.5, 0.6) is 11.6 Å². The number of amides is 3. The highest BCUT2D eigenvalue weighted by Gasteiger charge is 2.44. The summed E-state index contributed by atoms with van der Waals surface area (Å²) < 4.78 is 72.9. The van der Waals surface area contributed by atoms with Gasteiger partial charge in [0.15, 0.2) is 21.4 Å². The van der Waals surface area contributed by atoms with Gasteiger partial charge in [0.05, 0.1) is 28.7 Å². The Hall–Kier alpha value is -4.95. The van der Waals surface area contributed by atoms with Crippen LogP contribution in [0.1, 0.15) is 46.1 Å². The molecule has 4 aromatic rings. The first-order chi connectivity index (χ1) is 23.3. The molecule has 1 aromatic heterocycles. The lowest BCUT2D eigenvalue weighted by molar-refractivity contribution is 0.0996. The first-order valence-corrected chi connectivity index (χ1v) is 17.5. The average Bonchev–Trinajstić information content (AvgIpc) is 3.40. The highest BCUT2D eigenvalue weighted by Crippen LogP contribution is 2.38. The zero-order valence-corrected chi connectivity index (χ0v) is 27.6. The molecule has 3 aromatic carbocycles. The quantitative estimate of drug-likeness (QED) is 0.237. The Kier molecular flexibility index (Phi) is 9.36. The predicted octanol–water partition coefficient (Wildman–Crippen LogP) is 5.75. The third-order valence-corrected chi connectivity index (χ3v) is 10.1. The van der Waals surface area contributed by atoms with Crippen molar-refractivity contribution < 1.29 is 35.9 Å². The van der Waals surface area contributed by atoms with Crippen LogP contribution < -0.4 is 15.4 Å². The van der Waals surface area contributed by atoms with Crippen LogP contribution in [0.25, 0.3) is 0 Å². The summed E-state index contributed by atoms with van der Waals surface area (Å²) in [6.45, 7) is 3.81. The van der Waals surface area contributed by atoms with E-state index in [1.165, 1.54) is 17.0 Å². The van der Waals surface area contributed by atoms with Crippen molar-refractivity contribution in [2.24, 2.45) is 5.73 Å². The number of nitrogens with zero attached hydrogens (tertiary/aromatic N) is 4. The molecule has 2 N–H and O–H groups in total. The molecule has 49 heavy (non-hydrogen) atoms. The van der Waals surface area contributed by atoms with Crippen molar-refractivity contribution in [1.82, 2.24) is 14.8 Å². The number of rotatable bonds is 9. The topological polar surface area (TPSA) is 126 Å². The number of halogens is 3. The number of aryl methyl sites for hydroxylation is 1. The summed E-state index contributed by atoms with van der Waals surface area (Å²) >= 11 is 0. The zero-order valence-electron chi connectivity index (χ0n) is 26.8. The van der Waals surface area contributed by atoms with Gasteiger partial charge in [-0.1, -0.05) is 36.4 Å². The maximum atomic E-state index is 15.1. The Morgan fingerprint density at radius 3 is 2.31 bits per heavy atom. The van der Waals surface area contributed by atoms with E-state index in [4.69, 9.17) is 10.5 Å². The van der Waals surface area contributed by atoms with Gasteiger partial charge < -0.3 is 15.4 Å². The largest absolute Gasteiger partial charge is 0.436 e. The monoisotopic (exact) mass is 693 g/mol. The molecule has 0 saturated carbocycles. The summed E-state index contributed by atoms with van der Waals surface area (Å²) in [6, 6.07) is 16.9. The van der Waals surface area contributed by atoms with Crippen molar-refractivity contribution in [3.8, 4) is 11.6 Å². The van der Waals surface area contributed by atoms with E-state index in [2.05, 4.69) is 9.88 Å². The molecular formula is C35H34F3N5O5S. The van der Waals surface area contributed by atoms with Gasteiger partial charge in [-0.3, -0.25) is 14.6 Å². The number of carbonyl (C=O) groups is 2. The molecule has 2 aliphatic rings. The number of sulfone groups is 1. The fourth-order valence-corrected chi connectivity index (χ4v) is 7.03. The fraction of sp³-hybridized carbons (Fsp3) is 0.286. The minimum atomic E-state index is -3.57. The SMILES string of the molecule is Cc1nc(Oc2ccc(S(C)(=O)=O)cc2F)ccc1CN1CCC(N2C(=O)N(c3cc(C(N)=O)c(F)cc3F)C[C@H]2c2ccccc2)CC1. The third kappa shape index (κ3) is 7.10. The number of nitrogens with two attached hydrogens (primary N) is 1. The fourth-order valence-electron chi connectivity index (χ4n) is 6.39. The molecule has 2 saturated heterocycles. The molecular weight excluding hydrogens is 659 g/mol. The third-order valence-electron chi connectivity index (χ3n) is 8.98. The summed E-state index contributed by atoms with van der Waals surface area (Å²) in [5.41, 5.74) is 7.09. The molecule has 1 atom stereocenters. The highest BCUT2D eigenvalue weighted by molar-refractivity contribution is 7.90. The van der Waals surface area contributed by atoms with Crippen molar-refractivity contribution in [1.29, 1.82) is 0 Å². The van der Waals surface area contributed by atoms with Crippen LogP contribution in [-0.4, -0.2) is 67.1 Å². The van der Waals surface area contributed by atoms with Crippen molar-refractivity contribution in [2.75, 3.05) is 30.8 Å². The van der Waals surface area contributed by atoms with Crippen LogP contribution in [0.4, 0.5) is 23.7 Å². The van der Waals surface area contributed by atoms with Gasteiger partial charge >= 0.3 is 6.03 Å². The van der Waals surface area contributed by atoms with Gasteiger partial charge in [-0.15, -0.1) is 0 Å². The lowest BCUT2D eigenvalue weighted by Crippen LogP contribution is -2.47. The van der Waals surface area contributed by atoms with E-state index in [-0.39, 0.29) is 34.8 Å². The number of benzene rings is 3. The summed E-state index contributed by atoms with van der Waals surface area (Å²) in [5, 5.41) is 0. The van der Waals surface area contributed by atoms with E-state index in [1.807, 2.05) is 43.3 Å². The van der Waals surface area contributed by atoms with Crippen molar-refractivity contribution >= 4 is 27.5 Å². The summed E-state index contributed by atoms with van der Waals surface area (Å²) in [5.74, 6) is -3.91. The maximum absolute atomic E-state index is 15.1. The number of pyridine rings is 1. The predicted molar refractivity (Wildman–Crippen MR) is 175 cm³/mol. The number of likely N-dealkylation sites (tertiary alicyclic amines) is 1. The molecule has 256 valence electrons. The minimum Gasteiger partial charge on any atom is -0.436 e. The Balaban J connectivity index is 1.15. The Labute approximate surface area is 281 Å². The van der Waals surface area contributed by atoms with Crippen molar-refractivity contribution in [3.63, 3.8) is 0 Å². The molecule has 6 rings (SSSR count). The van der Waals surface area contributed by atoms with Gasteiger partial charge in [-0.05, 0) is 55.2 Å². The molecule has 10 nitrogen and oxygen atoms in total. The van der Waals surface area contributed by atoms with Gasteiger partial charge in [-0.2, -0.15) is 0 Å². The van der Waals surface area contributed by atoms with E-state index in [9.17, 15) is 26.8 Å². The van der Waals surface area contributed by atoms with Gasteiger partial charge in [0.2, 0.25) is 5.88 Å². The second-order valence-electron chi connectivity index (χ2n) is 12.2. The van der Waals surface area contributed by atoms with E-state index >= 15 is 4.39 Å². The van der Waals surface area contributed by atoms with Crippen LogP contribution >= 0.6 is 0 Å². The molecule has 0 aliphatic carbocycles. The normalized spacial score (nSPS) is 17.5. The van der Waals surface area contributed by atoms with Crippen molar-refractivity contribution in [3.05, 3.63) is 113 Å². The molecule has 14 heteroatoms. The van der Waals surface area contributed by atoms with Crippen LogP contribution in [0, 0.1) is 24.4 Å². The average molecular weight is 694 g/mol. The van der Waals surface area contributed by atoms with E-state index < -0.39 is 50.8 Å². The number of aromatic nitrogens is 1. The van der Waals surface area contributed by atoms with E-state index in [0.717, 1.165) is 29.5 Å². The molecule has 0 unspecified atom stereocenters. The second-order valence-corrected chi connectivity index (χ2v) is 14.3. The van der Waals surface area contributed by atoms with Crippen LogP contribution in [0.15, 0.2) is 77.7 Å². The number of piperidine rings is 1. The maximum Gasteiger partial charge on any atom is 0.325 e. The van der Waals surface area contributed by atoms with E-state index in [0.29, 0.717) is 44.2 Å². The minimum absolute atomic E-state index is 0.106. The molecule has 0 spiro atoms. The lowest BCUT2D eigenvalue weighted by atomic mass is 9.98. The molecule has 0 radical (unpaired) electrons. The Morgan fingerprint density at radius 2 is 1.67 bits per heavy atom. The number of hydrogen-bond acceptors (Lipinski definition) is 7. The summed E-state index contributed by atoms with van der Waals surface area (Å²) in [7, 11) is -3.57. The number of hydrogen-bond donors (Lipinski definition) is 1. The Morgan fingerprint density at radius 1 is 0.959 bits per heavy atom. The first-order valence-electron chi connectivity index (χ1n) is 15.6. The second kappa shape index (κ2) is 13.5. The zero-order chi connectivity index (χ0) is 35.0. The van der Waals surface area contributed by atoms with Crippen LogP contribution in [0.2, 0.25) is 0 Å². The summed E-state index contributed by atoms with van der Waals surface area (Å²) in [4.78, 5) is 35.3. The Bertz CT molecular complexity index is 2020. The number of carbonyl (C=O) groups excluding carboxylic acids is 2. The van der Waals surface area contributed by atoms with Gasteiger partial charge in [0.1, 0.15) is 11.6 Å². The molecule has 3 amide bonds. The molecule has 2 aliphatic heterocycles. The molecule has 3 heterocycles.